The summed E-state index contributed by atoms with van der Waals surface area (Å²) in [6, 6.07) is 13.3. The van der Waals surface area contributed by atoms with Gasteiger partial charge in [-0.3, -0.25) is 0 Å². The first-order chi connectivity index (χ1) is 10.2. The summed E-state index contributed by atoms with van der Waals surface area (Å²) < 4.78 is 16.3. The van der Waals surface area contributed by atoms with Crippen molar-refractivity contribution in [3.05, 3.63) is 48.0 Å². The highest BCUT2D eigenvalue weighted by molar-refractivity contribution is 5.54. The molecule has 0 atom stereocenters. The molecule has 21 heavy (non-hydrogen) atoms. The monoisotopic (exact) mass is 287 g/mol. The zero-order valence-corrected chi connectivity index (χ0v) is 12.5. The van der Waals surface area contributed by atoms with E-state index in [4.69, 9.17) is 19.9 Å². The minimum atomic E-state index is 0.446. The second-order valence-electron chi connectivity index (χ2n) is 4.60. The Bertz CT molecular complexity index is 567. The Morgan fingerprint density at radius 3 is 2.19 bits per heavy atom. The van der Waals surface area contributed by atoms with Crippen molar-refractivity contribution in [2.24, 2.45) is 0 Å². The van der Waals surface area contributed by atoms with Crippen LogP contribution in [-0.2, 0) is 6.42 Å². The molecule has 0 bridgehead atoms. The van der Waals surface area contributed by atoms with Gasteiger partial charge >= 0.3 is 0 Å². The molecule has 0 amide bonds. The Kier molecular flexibility index (Phi) is 5.32. The van der Waals surface area contributed by atoms with E-state index in [0.717, 1.165) is 17.9 Å². The van der Waals surface area contributed by atoms with Crippen LogP contribution in [0.1, 0.15) is 12.5 Å². The molecular formula is C17H21NO3. The molecule has 112 valence electrons. The third-order valence-electron chi connectivity index (χ3n) is 3.15. The van der Waals surface area contributed by atoms with Crippen molar-refractivity contribution in [1.82, 2.24) is 0 Å². The molecule has 0 aliphatic carbocycles. The molecule has 0 spiro atoms. The normalized spacial score (nSPS) is 10.2. The van der Waals surface area contributed by atoms with Gasteiger partial charge in [-0.2, -0.15) is 0 Å². The van der Waals surface area contributed by atoms with Gasteiger partial charge in [0.2, 0.25) is 0 Å². The minimum absolute atomic E-state index is 0.446. The van der Waals surface area contributed by atoms with Crippen molar-refractivity contribution >= 4 is 5.69 Å². The van der Waals surface area contributed by atoms with Crippen LogP contribution in [-0.4, -0.2) is 20.3 Å². The van der Waals surface area contributed by atoms with E-state index < -0.39 is 0 Å². The summed E-state index contributed by atoms with van der Waals surface area (Å²) in [5.41, 5.74) is 7.81. The van der Waals surface area contributed by atoms with Gasteiger partial charge in [-0.1, -0.05) is 13.0 Å². The van der Waals surface area contributed by atoms with Gasteiger partial charge in [0.05, 0.1) is 12.8 Å². The molecule has 0 fully saturated rings. The molecule has 2 aromatic rings. The Balaban J connectivity index is 1.78. The van der Waals surface area contributed by atoms with Crippen LogP contribution in [0.4, 0.5) is 5.69 Å². The molecule has 2 aromatic carbocycles. The summed E-state index contributed by atoms with van der Waals surface area (Å²) in [7, 11) is 1.64. The maximum Gasteiger partial charge on any atom is 0.142 e. The molecule has 4 heteroatoms. The molecule has 4 nitrogen and oxygen atoms in total. The molecular weight excluding hydrogens is 266 g/mol. The Morgan fingerprint density at radius 1 is 0.905 bits per heavy atom. The second-order valence-corrected chi connectivity index (χ2v) is 4.60. The highest BCUT2D eigenvalue weighted by atomic mass is 16.5. The van der Waals surface area contributed by atoms with Gasteiger partial charge in [0.25, 0.3) is 0 Å². The topological polar surface area (TPSA) is 53.7 Å². The van der Waals surface area contributed by atoms with Gasteiger partial charge in [-0.25, -0.2) is 0 Å². The first kappa shape index (κ1) is 15.0. The van der Waals surface area contributed by atoms with Crippen molar-refractivity contribution in [2.75, 3.05) is 26.1 Å². The second kappa shape index (κ2) is 7.43. The zero-order chi connectivity index (χ0) is 15.1. The summed E-state index contributed by atoms with van der Waals surface area (Å²) in [6.45, 7) is 3.00. The Morgan fingerprint density at radius 2 is 1.57 bits per heavy atom. The lowest BCUT2D eigenvalue weighted by Gasteiger charge is -2.11. The third kappa shape index (κ3) is 4.31. The lowest BCUT2D eigenvalue weighted by Crippen LogP contribution is -2.10. The quantitative estimate of drug-likeness (QED) is 0.627. The van der Waals surface area contributed by atoms with E-state index in [1.807, 2.05) is 42.5 Å². The minimum Gasteiger partial charge on any atom is -0.497 e. The van der Waals surface area contributed by atoms with Crippen molar-refractivity contribution in [3.63, 3.8) is 0 Å². The van der Waals surface area contributed by atoms with E-state index in [2.05, 4.69) is 6.92 Å². The number of methoxy groups -OCH3 is 1. The predicted molar refractivity (Wildman–Crippen MR) is 84.2 cm³/mol. The van der Waals surface area contributed by atoms with Crippen LogP contribution in [0.15, 0.2) is 42.5 Å². The maximum atomic E-state index is 5.94. The molecule has 0 aromatic heterocycles. The van der Waals surface area contributed by atoms with E-state index in [1.54, 1.807) is 7.11 Å². The molecule has 0 unspecified atom stereocenters. The van der Waals surface area contributed by atoms with E-state index in [9.17, 15) is 0 Å². The molecule has 0 aliphatic rings. The fourth-order valence-corrected chi connectivity index (χ4v) is 1.93. The average Bonchev–Trinajstić information content (AvgIpc) is 2.53. The molecule has 2 rings (SSSR count). The van der Waals surface area contributed by atoms with Crippen LogP contribution >= 0.6 is 0 Å². The Labute approximate surface area is 125 Å². The summed E-state index contributed by atoms with van der Waals surface area (Å²) in [4.78, 5) is 0. The number of rotatable bonds is 7. The maximum absolute atomic E-state index is 5.94. The van der Waals surface area contributed by atoms with Gasteiger partial charge in [0, 0.05) is 0 Å². The Hall–Kier alpha value is -2.36. The van der Waals surface area contributed by atoms with E-state index in [0.29, 0.717) is 24.7 Å². The van der Waals surface area contributed by atoms with Crippen LogP contribution in [0, 0.1) is 0 Å². The average molecular weight is 287 g/mol. The highest BCUT2D eigenvalue weighted by Crippen LogP contribution is 2.23. The predicted octanol–water partition coefficient (Wildman–Crippen LogP) is 3.30. The van der Waals surface area contributed by atoms with Crippen molar-refractivity contribution < 1.29 is 14.2 Å². The molecule has 0 aliphatic heterocycles. The SMILES string of the molecule is CCc1ccc(OCCOc2ccc(OC)cc2)c(N)c1. The van der Waals surface area contributed by atoms with E-state index in [-0.39, 0.29) is 0 Å². The highest BCUT2D eigenvalue weighted by Gasteiger charge is 2.02. The first-order valence-electron chi connectivity index (χ1n) is 7.01. The van der Waals surface area contributed by atoms with Gasteiger partial charge in [-0.05, 0) is 48.4 Å². The third-order valence-corrected chi connectivity index (χ3v) is 3.15. The summed E-state index contributed by atoms with van der Waals surface area (Å²) in [6.07, 6.45) is 0.963. The van der Waals surface area contributed by atoms with Crippen molar-refractivity contribution in [1.29, 1.82) is 0 Å². The standard InChI is InChI=1S/C17H21NO3/c1-3-13-4-9-17(16(18)12-13)21-11-10-20-15-7-5-14(19-2)6-8-15/h4-9,12H,3,10-11,18H2,1-2H3. The van der Waals surface area contributed by atoms with Gasteiger partial charge in [0.1, 0.15) is 30.5 Å². The number of nitrogens with two attached hydrogens (primary N) is 1. The molecule has 0 heterocycles. The molecule has 2 N–H and O–H groups in total. The van der Waals surface area contributed by atoms with Crippen LogP contribution in [0.3, 0.4) is 0 Å². The van der Waals surface area contributed by atoms with E-state index >= 15 is 0 Å². The fraction of sp³-hybridized carbons (Fsp3) is 0.294. The van der Waals surface area contributed by atoms with Gasteiger partial charge in [0.15, 0.2) is 0 Å². The lowest BCUT2D eigenvalue weighted by molar-refractivity contribution is 0.217. The van der Waals surface area contributed by atoms with Crippen LogP contribution in [0.2, 0.25) is 0 Å². The van der Waals surface area contributed by atoms with Crippen LogP contribution in [0.25, 0.3) is 0 Å². The van der Waals surface area contributed by atoms with Crippen molar-refractivity contribution in [2.45, 2.75) is 13.3 Å². The lowest BCUT2D eigenvalue weighted by atomic mass is 10.1. The van der Waals surface area contributed by atoms with Crippen LogP contribution < -0.4 is 19.9 Å². The number of benzene rings is 2. The number of anilines is 1. The smallest absolute Gasteiger partial charge is 0.142 e. The number of nitrogen functional groups attached to an aromatic ring is 1. The number of ether oxygens (including phenoxy) is 3. The number of aryl methyl sites for hydroxylation is 1. The van der Waals surface area contributed by atoms with Crippen LogP contribution in [0.5, 0.6) is 17.2 Å². The number of hydrogen-bond acceptors (Lipinski definition) is 4. The van der Waals surface area contributed by atoms with Crippen molar-refractivity contribution in [3.8, 4) is 17.2 Å². The zero-order valence-electron chi connectivity index (χ0n) is 12.5. The fourth-order valence-electron chi connectivity index (χ4n) is 1.93. The summed E-state index contributed by atoms with van der Waals surface area (Å²) >= 11 is 0. The first-order valence-corrected chi connectivity index (χ1v) is 7.01. The summed E-state index contributed by atoms with van der Waals surface area (Å²) in [5, 5.41) is 0. The van der Waals surface area contributed by atoms with Gasteiger partial charge in [-0.15, -0.1) is 0 Å². The molecule has 0 saturated heterocycles. The van der Waals surface area contributed by atoms with E-state index in [1.165, 1.54) is 5.56 Å². The summed E-state index contributed by atoms with van der Waals surface area (Å²) in [5.74, 6) is 2.29. The molecule has 0 radical (unpaired) electrons. The number of hydrogen-bond donors (Lipinski definition) is 1. The largest absolute Gasteiger partial charge is 0.497 e. The molecule has 0 saturated carbocycles. The van der Waals surface area contributed by atoms with Gasteiger partial charge < -0.3 is 19.9 Å².